The van der Waals surface area contributed by atoms with Crippen molar-refractivity contribution >= 4 is 25.2 Å². The fraction of sp³-hybridized carbons (Fsp3) is 0.391. The highest BCUT2D eigenvalue weighted by Gasteiger charge is 2.40. The van der Waals surface area contributed by atoms with Crippen LogP contribution in [0.4, 0.5) is 33.8 Å². The van der Waals surface area contributed by atoms with Gasteiger partial charge in [-0.1, -0.05) is 29.7 Å². The van der Waals surface area contributed by atoms with Gasteiger partial charge in [0.05, 0.1) is 0 Å². The quantitative estimate of drug-likeness (QED) is 0.421. The van der Waals surface area contributed by atoms with Gasteiger partial charge >= 0.3 is 6.18 Å². The summed E-state index contributed by atoms with van der Waals surface area (Å²) in [5, 5.41) is 6.10. The molecule has 5 rings (SSSR count). The van der Waals surface area contributed by atoms with Gasteiger partial charge in [0, 0.05) is 24.9 Å². The molecule has 3 aromatic rings. The van der Waals surface area contributed by atoms with Crippen LogP contribution in [-0.2, 0) is 19.0 Å². The molecule has 0 amide bonds. The van der Waals surface area contributed by atoms with Gasteiger partial charge in [-0.3, -0.25) is 0 Å². The van der Waals surface area contributed by atoms with E-state index in [2.05, 4.69) is 30.6 Å². The predicted molar refractivity (Wildman–Crippen MR) is 121 cm³/mol. The summed E-state index contributed by atoms with van der Waals surface area (Å²) in [4.78, 5) is 16.5. The van der Waals surface area contributed by atoms with Crippen LogP contribution in [0.2, 0.25) is 0 Å². The molecule has 0 spiro atoms. The number of halogens is 5. The third-order valence-electron chi connectivity index (χ3n) is 6.14. The third kappa shape index (κ3) is 5.36. The monoisotopic (exact) mass is 486 g/mol. The highest BCUT2D eigenvalue weighted by atomic mass is 19.4. The van der Waals surface area contributed by atoms with Crippen molar-refractivity contribution in [2.45, 2.75) is 56.3 Å². The summed E-state index contributed by atoms with van der Waals surface area (Å²) in [5.74, 6) is -2.76. The number of hydrogen-bond acceptors (Lipinski definition) is 6. The van der Waals surface area contributed by atoms with Crippen LogP contribution in [0.15, 0.2) is 36.4 Å². The second-order valence-corrected chi connectivity index (χ2v) is 8.93. The van der Waals surface area contributed by atoms with Crippen molar-refractivity contribution < 1.29 is 22.0 Å². The highest BCUT2D eigenvalue weighted by Crippen LogP contribution is 2.36. The lowest BCUT2D eigenvalue weighted by molar-refractivity contribution is -0.141. The van der Waals surface area contributed by atoms with Crippen LogP contribution < -0.4 is 16.1 Å². The molecule has 1 saturated carbocycles. The summed E-state index contributed by atoms with van der Waals surface area (Å²) < 4.78 is 66.9. The van der Waals surface area contributed by atoms with E-state index in [1.54, 1.807) is 0 Å². The highest BCUT2D eigenvalue weighted by molar-refractivity contribution is 6.32. The summed E-state index contributed by atoms with van der Waals surface area (Å²) in [6, 6.07) is 8.44. The Hall–Kier alpha value is -3.31. The molecule has 2 aliphatic rings. The first-order valence-electron chi connectivity index (χ1n) is 11.1. The van der Waals surface area contributed by atoms with Crippen LogP contribution >= 0.6 is 0 Å². The normalized spacial score (nSPS) is 21.1. The first kappa shape index (κ1) is 23.4. The Bertz CT molecular complexity index is 1250. The molecule has 2 aliphatic carbocycles. The molecule has 0 saturated heterocycles. The van der Waals surface area contributed by atoms with Gasteiger partial charge in [0.2, 0.25) is 17.8 Å². The summed E-state index contributed by atoms with van der Waals surface area (Å²) >= 11 is 0. The van der Waals surface area contributed by atoms with E-state index in [1.165, 1.54) is 12.1 Å². The number of rotatable bonds is 5. The van der Waals surface area contributed by atoms with Gasteiger partial charge in [-0.25, -0.2) is 13.8 Å². The zero-order valence-electron chi connectivity index (χ0n) is 18.4. The Labute approximate surface area is 199 Å². The van der Waals surface area contributed by atoms with Crippen LogP contribution in [0.1, 0.15) is 36.1 Å². The van der Waals surface area contributed by atoms with E-state index in [9.17, 15) is 22.0 Å². The molecule has 35 heavy (non-hydrogen) atoms. The third-order valence-corrected chi connectivity index (χ3v) is 6.14. The number of hydrogen-bond donors (Lipinski definition) is 2. The molecule has 12 heteroatoms. The van der Waals surface area contributed by atoms with E-state index in [-0.39, 0.29) is 48.7 Å². The number of pyridine rings is 1. The van der Waals surface area contributed by atoms with Crippen molar-refractivity contribution in [1.29, 1.82) is 0 Å². The smallest absolute Gasteiger partial charge is 0.351 e. The fourth-order valence-corrected chi connectivity index (χ4v) is 4.52. The molecular weight excluding hydrogens is 466 g/mol. The lowest BCUT2D eigenvalue weighted by Crippen LogP contribution is -2.24. The van der Waals surface area contributed by atoms with Gasteiger partial charge in [0.15, 0.2) is 5.82 Å². The molecule has 0 bridgehead atoms. The predicted octanol–water partition coefficient (Wildman–Crippen LogP) is 3.93. The molecule has 0 aliphatic heterocycles. The Kier molecular flexibility index (Phi) is 5.84. The average molecular weight is 486 g/mol. The number of aromatic nitrogens is 4. The van der Waals surface area contributed by atoms with E-state index in [4.69, 9.17) is 7.85 Å². The summed E-state index contributed by atoms with van der Waals surface area (Å²) in [6.45, 7) is 0. The van der Waals surface area contributed by atoms with E-state index in [0.717, 1.165) is 17.2 Å². The molecule has 2 N–H and O–H groups in total. The van der Waals surface area contributed by atoms with Gasteiger partial charge in [-0.05, 0) is 42.5 Å². The minimum absolute atomic E-state index is 0.000771. The van der Waals surface area contributed by atoms with Crippen molar-refractivity contribution in [1.82, 2.24) is 19.9 Å². The molecule has 2 radical (unpaired) electrons. The van der Waals surface area contributed by atoms with Gasteiger partial charge < -0.3 is 10.6 Å². The molecule has 6 nitrogen and oxygen atoms in total. The second kappa shape index (κ2) is 8.73. The maximum absolute atomic E-state index is 13.7. The van der Waals surface area contributed by atoms with Gasteiger partial charge in [-0.15, -0.1) is 0 Å². The van der Waals surface area contributed by atoms with Crippen molar-refractivity contribution in [3.63, 3.8) is 0 Å². The average Bonchev–Trinajstić information content (AvgIpc) is 3.34. The molecule has 2 heterocycles. The summed E-state index contributed by atoms with van der Waals surface area (Å²) in [7, 11) is 5.87. The molecule has 2 atom stereocenters. The van der Waals surface area contributed by atoms with Gasteiger partial charge in [0.25, 0.3) is 0 Å². The van der Waals surface area contributed by atoms with Gasteiger partial charge in [0.1, 0.15) is 19.2 Å². The van der Waals surface area contributed by atoms with E-state index >= 15 is 0 Å². The number of alkyl halides is 5. The summed E-state index contributed by atoms with van der Waals surface area (Å²) in [5.41, 5.74) is 1.67. The Balaban J connectivity index is 1.44. The number of anilines is 2. The standard InChI is InChI=1S/C23H20BF5N6/c24-14-5-4-12-9-16(10-13(12)8-14)31-21-34-19(17-2-1-3-18(32-17)23(27,28)29)33-20(35-21)30-15-6-7-22(25,26)11-15/h1-5,8,15-16H,6-7,9-11H2,(H2,30,31,33,34,35). The Morgan fingerprint density at radius 1 is 0.886 bits per heavy atom. The molecule has 2 aromatic heterocycles. The molecular formula is C23H20BF5N6. The maximum Gasteiger partial charge on any atom is 0.433 e. The van der Waals surface area contributed by atoms with Crippen molar-refractivity contribution in [2.24, 2.45) is 0 Å². The number of nitrogens with one attached hydrogen (secondary N) is 2. The van der Waals surface area contributed by atoms with Crippen LogP contribution in [0.25, 0.3) is 11.5 Å². The van der Waals surface area contributed by atoms with Crippen molar-refractivity contribution in [3.8, 4) is 11.5 Å². The van der Waals surface area contributed by atoms with Crippen LogP contribution in [0.3, 0.4) is 0 Å². The zero-order valence-corrected chi connectivity index (χ0v) is 18.4. The molecule has 180 valence electrons. The minimum Gasteiger partial charge on any atom is -0.351 e. The first-order chi connectivity index (χ1) is 16.5. The number of fused-ring (bicyclic) bond motifs is 1. The Morgan fingerprint density at radius 2 is 1.60 bits per heavy atom. The first-order valence-corrected chi connectivity index (χ1v) is 11.1. The van der Waals surface area contributed by atoms with Gasteiger partial charge in [-0.2, -0.15) is 28.1 Å². The van der Waals surface area contributed by atoms with Crippen molar-refractivity contribution in [3.05, 3.63) is 53.2 Å². The minimum atomic E-state index is -4.64. The lowest BCUT2D eigenvalue weighted by atomic mass is 9.93. The summed E-state index contributed by atoms with van der Waals surface area (Å²) in [6.07, 6.45) is -3.72. The fourth-order valence-electron chi connectivity index (χ4n) is 4.52. The van der Waals surface area contributed by atoms with Crippen LogP contribution in [0.5, 0.6) is 0 Å². The molecule has 1 fully saturated rings. The zero-order chi connectivity index (χ0) is 24.8. The number of nitrogens with zero attached hydrogens (tertiary/aromatic N) is 4. The maximum atomic E-state index is 13.7. The van der Waals surface area contributed by atoms with Crippen LogP contribution in [-0.4, -0.2) is 45.8 Å². The topological polar surface area (TPSA) is 75.6 Å². The number of benzene rings is 1. The van der Waals surface area contributed by atoms with E-state index in [0.29, 0.717) is 18.3 Å². The SMILES string of the molecule is [B]c1ccc2c(c1)CC(Nc1nc(NC3CCC(F)(F)C3)nc(-c3cccc(C(F)(F)F)n3)n1)C2. The lowest BCUT2D eigenvalue weighted by Gasteiger charge is -2.17. The van der Waals surface area contributed by atoms with E-state index < -0.39 is 23.8 Å². The molecule has 1 aromatic carbocycles. The second-order valence-electron chi connectivity index (χ2n) is 8.93. The largest absolute Gasteiger partial charge is 0.433 e. The molecule has 2 unspecified atom stereocenters. The Morgan fingerprint density at radius 3 is 2.29 bits per heavy atom. The van der Waals surface area contributed by atoms with Crippen molar-refractivity contribution in [2.75, 3.05) is 10.6 Å². The van der Waals surface area contributed by atoms with Crippen LogP contribution in [0, 0.1) is 0 Å². The van der Waals surface area contributed by atoms with E-state index in [1.807, 2.05) is 18.2 Å².